The summed E-state index contributed by atoms with van der Waals surface area (Å²) in [6.45, 7) is 0.767. The normalized spacial score (nSPS) is 22.1. The van der Waals surface area contributed by atoms with Crippen LogP contribution in [0, 0.1) is 11.3 Å². The molecule has 0 bridgehead atoms. The minimum atomic E-state index is -0.775. The van der Waals surface area contributed by atoms with Gasteiger partial charge in [0.15, 0.2) is 0 Å². The second-order valence-electron chi connectivity index (χ2n) is 7.38. The molecule has 1 spiro atoms. The van der Waals surface area contributed by atoms with E-state index in [4.69, 9.17) is 9.84 Å². The van der Waals surface area contributed by atoms with Crippen molar-refractivity contribution >= 4 is 18.4 Å². The van der Waals surface area contributed by atoms with Crippen LogP contribution in [0.4, 0.5) is 0 Å². The molecular formula is C19H28ClNO3. The number of hydrogen-bond acceptors (Lipinski definition) is 3. The van der Waals surface area contributed by atoms with E-state index in [1.807, 2.05) is 12.1 Å². The fraction of sp³-hybridized carbons (Fsp3) is 0.684. The molecule has 1 atom stereocenters. The number of aromatic nitrogens is 1. The highest BCUT2D eigenvalue weighted by molar-refractivity contribution is 5.85. The smallest absolute Gasteiger partial charge is 0.303 e. The largest absolute Gasteiger partial charge is 0.481 e. The number of halogens is 1. The van der Waals surface area contributed by atoms with Gasteiger partial charge in [0, 0.05) is 18.7 Å². The molecule has 1 unspecified atom stereocenters. The monoisotopic (exact) mass is 353 g/mol. The fourth-order valence-electron chi connectivity index (χ4n) is 4.40. The minimum Gasteiger partial charge on any atom is -0.481 e. The number of rotatable bonds is 6. The maximum Gasteiger partial charge on any atom is 0.303 e. The molecule has 2 fully saturated rings. The van der Waals surface area contributed by atoms with E-state index in [1.165, 1.54) is 51.4 Å². The topological polar surface area (TPSA) is 59.4 Å². The molecule has 3 rings (SSSR count). The van der Waals surface area contributed by atoms with Gasteiger partial charge in [-0.1, -0.05) is 25.3 Å². The van der Waals surface area contributed by atoms with Gasteiger partial charge in [-0.25, -0.2) is 4.98 Å². The maximum absolute atomic E-state index is 10.6. The fourth-order valence-corrected chi connectivity index (χ4v) is 4.40. The Hall–Kier alpha value is -1.29. The lowest BCUT2D eigenvalue weighted by Crippen LogP contribution is -2.29. The Morgan fingerprint density at radius 3 is 2.67 bits per heavy atom. The van der Waals surface area contributed by atoms with Crippen molar-refractivity contribution in [1.82, 2.24) is 4.98 Å². The van der Waals surface area contributed by atoms with Gasteiger partial charge in [0.25, 0.3) is 0 Å². The molecule has 1 aromatic rings. The van der Waals surface area contributed by atoms with Crippen molar-refractivity contribution in [2.75, 3.05) is 6.61 Å². The number of nitrogens with zero attached hydrogens (tertiary/aromatic N) is 1. The Morgan fingerprint density at radius 1 is 1.25 bits per heavy atom. The molecule has 2 aliphatic carbocycles. The highest BCUT2D eigenvalue weighted by atomic mass is 35.5. The second-order valence-corrected chi connectivity index (χ2v) is 7.38. The first-order valence-electron chi connectivity index (χ1n) is 8.95. The van der Waals surface area contributed by atoms with Gasteiger partial charge in [-0.15, -0.1) is 12.4 Å². The van der Waals surface area contributed by atoms with Gasteiger partial charge in [0.05, 0.1) is 6.61 Å². The summed E-state index contributed by atoms with van der Waals surface area (Å²) in [5.41, 5.74) is 1.57. The zero-order chi connectivity index (χ0) is 16.1. The lowest BCUT2D eigenvalue weighted by molar-refractivity contribution is -0.136. The number of carboxylic acid groups (broad SMARTS) is 1. The third kappa shape index (κ3) is 5.10. The predicted octanol–water partition coefficient (Wildman–Crippen LogP) is 4.65. The molecule has 2 aliphatic rings. The van der Waals surface area contributed by atoms with Gasteiger partial charge in [0.2, 0.25) is 5.88 Å². The van der Waals surface area contributed by atoms with Crippen LogP contribution in [0.3, 0.4) is 0 Å². The van der Waals surface area contributed by atoms with Gasteiger partial charge in [-0.05, 0) is 55.4 Å². The van der Waals surface area contributed by atoms with Gasteiger partial charge < -0.3 is 9.84 Å². The van der Waals surface area contributed by atoms with E-state index in [0.717, 1.165) is 12.2 Å². The molecule has 2 saturated carbocycles. The summed E-state index contributed by atoms with van der Waals surface area (Å²) in [4.78, 5) is 14.9. The molecule has 1 heterocycles. The van der Waals surface area contributed by atoms with E-state index in [-0.39, 0.29) is 18.8 Å². The Morgan fingerprint density at radius 2 is 2.00 bits per heavy atom. The van der Waals surface area contributed by atoms with Crippen LogP contribution in [0.15, 0.2) is 18.3 Å². The number of ether oxygens (including phenoxy) is 1. The van der Waals surface area contributed by atoms with E-state index in [2.05, 4.69) is 4.98 Å². The molecule has 134 valence electrons. The molecule has 4 nitrogen and oxygen atoms in total. The summed E-state index contributed by atoms with van der Waals surface area (Å²) in [6, 6.07) is 3.79. The number of carbonyl (C=O) groups is 1. The van der Waals surface area contributed by atoms with Crippen LogP contribution in [-0.4, -0.2) is 22.7 Å². The number of hydrogen-bond donors (Lipinski definition) is 1. The number of pyridine rings is 1. The standard InChI is InChI=1S/C19H27NO3.ClH/c21-18(22)8-6-15-5-7-17(20-13-15)23-14-16-4-3-11-19(12-16)9-1-2-10-19;/h5,7,13,16H,1-4,6,8-12,14H2,(H,21,22);1H. The molecule has 0 aromatic carbocycles. The summed E-state index contributed by atoms with van der Waals surface area (Å²) in [7, 11) is 0. The third-order valence-electron chi connectivity index (χ3n) is 5.60. The predicted molar refractivity (Wildman–Crippen MR) is 95.8 cm³/mol. The second kappa shape index (κ2) is 8.70. The summed E-state index contributed by atoms with van der Waals surface area (Å²) in [6.07, 6.45) is 13.4. The Bertz CT molecular complexity index is 526. The Kier molecular flexibility index (Phi) is 6.90. The van der Waals surface area contributed by atoms with Crippen molar-refractivity contribution in [3.8, 4) is 5.88 Å². The van der Waals surface area contributed by atoms with Gasteiger partial charge in [-0.2, -0.15) is 0 Å². The van der Waals surface area contributed by atoms with Crippen molar-refractivity contribution in [3.63, 3.8) is 0 Å². The zero-order valence-electron chi connectivity index (χ0n) is 14.2. The van der Waals surface area contributed by atoms with Gasteiger partial charge in [-0.3, -0.25) is 4.79 Å². The highest BCUT2D eigenvalue weighted by Gasteiger charge is 2.38. The third-order valence-corrected chi connectivity index (χ3v) is 5.60. The lowest BCUT2D eigenvalue weighted by atomic mass is 9.69. The van der Waals surface area contributed by atoms with Crippen molar-refractivity contribution in [1.29, 1.82) is 0 Å². The summed E-state index contributed by atoms with van der Waals surface area (Å²) in [5, 5.41) is 8.70. The first-order valence-corrected chi connectivity index (χ1v) is 8.95. The van der Waals surface area contributed by atoms with Crippen molar-refractivity contribution in [2.24, 2.45) is 11.3 Å². The van der Waals surface area contributed by atoms with Crippen molar-refractivity contribution < 1.29 is 14.6 Å². The quantitative estimate of drug-likeness (QED) is 0.808. The molecule has 0 amide bonds. The number of aliphatic carboxylic acids is 1. The summed E-state index contributed by atoms with van der Waals surface area (Å²) >= 11 is 0. The van der Waals surface area contributed by atoms with Crippen LogP contribution in [0.25, 0.3) is 0 Å². The van der Waals surface area contributed by atoms with Crippen LogP contribution in [0.2, 0.25) is 0 Å². The Labute approximate surface area is 150 Å². The first-order chi connectivity index (χ1) is 11.2. The average Bonchev–Trinajstić information content (AvgIpc) is 2.99. The lowest BCUT2D eigenvalue weighted by Gasteiger charge is -2.38. The summed E-state index contributed by atoms with van der Waals surface area (Å²) < 4.78 is 5.90. The minimum absolute atomic E-state index is 0. The van der Waals surface area contributed by atoms with E-state index < -0.39 is 5.97 Å². The van der Waals surface area contributed by atoms with E-state index in [0.29, 0.717) is 23.6 Å². The molecule has 0 aliphatic heterocycles. The van der Waals surface area contributed by atoms with E-state index >= 15 is 0 Å². The maximum atomic E-state index is 10.6. The van der Waals surface area contributed by atoms with Crippen molar-refractivity contribution in [2.45, 2.75) is 64.2 Å². The van der Waals surface area contributed by atoms with Gasteiger partial charge in [0.1, 0.15) is 0 Å². The first kappa shape index (κ1) is 19.0. The van der Waals surface area contributed by atoms with E-state index in [9.17, 15) is 4.79 Å². The van der Waals surface area contributed by atoms with Crippen molar-refractivity contribution in [3.05, 3.63) is 23.9 Å². The summed E-state index contributed by atoms with van der Waals surface area (Å²) in [5.74, 6) is 0.550. The molecule has 5 heteroatoms. The molecule has 24 heavy (non-hydrogen) atoms. The Balaban J connectivity index is 0.00000208. The molecule has 1 aromatic heterocycles. The SMILES string of the molecule is Cl.O=C(O)CCc1ccc(OCC2CCCC3(CCCC3)C2)nc1. The van der Waals surface area contributed by atoms with Crippen LogP contribution >= 0.6 is 12.4 Å². The van der Waals surface area contributed by atoms with Crippen LogP contribution in [0.5, 0.6) is 5.88 Å². The number of aryl methyl sites for hydroxylation is 1. The number of carboxylic acids is 1. The molecule has 0 saturated heterocycles. The van der Waals surface area contributed by atoms with Crippen LogP contribution in [0.1, 0.15) is 63.4 Å². The van der Waals surface area contributed by atoms with E-state index in [1.54, 1.807) is 6.20 Å². The zero-order valence-corrected chi connectivity index (χ0v) is 15.0. The van der Waals surface area contributed by atoms with Crippen LogP contribution in [-0.2, 0) is 11.2 Å². The van der Waals surface area contributed by atoms with Gasteiger partial charge >= 0.3 is 5.97 Å². The molecule has 1 N–H and O–H groups in total. The highest BCUT2D eigenvalue weighted by Crippen LogP contribution is 2.50. The average molecular weight is 354 g/mol. The molecule has 0 radical (unpaired) electrons. The molecular weight excluding hydrogens is 326 g/mol. The van der Waals surface area contributed by atoms with Crippen LogP contribution < -0.4 is 4.74 Å².